The molecule has 0 atom stereocenters. The quantitative estimate of drug-likeness (QED) is 0.833. The van der Waals surface area contributed by atoms with Gasteiger partial charge >= 0.3 is 5.97 Å². The summed E-state index contributed by atoms with van der Waals surface area (Å²) >= 11 is 0. The third-order valence-corrected chi connectivity index (χ3v) is 2.46. The summed E-state index contributed by atoms with van der Waals surface area (Å²) in [5.41, 5.74) is 0.409. The fraction of sp³-hybridized carbons (Fsp3) is 0.143. The number of aromatic nitrogens is 2. The van der Waals surface area contributed by atoms with Crippen LogP contribution < -0.4 is 10.1 Å². The molecule has 108 valence electrons. The van der Waals surface area contributed by atoms with Crippen molar-refractivity contribution < 1.29 is 19.1 Å². The molecule has 0 spiro atoms. The lowest BCUT2D eigenvalue weighted by Crippen LogP contribution is -2.21. The summed E-state index contributed by atoms with van der Waals surface area (Å²) in [6.45, 7) is -0.185. The van der Waals surface area contributed by atoms with Crippen LogP contribution >= 0.6 is 0 Å². The van der Waals surface area contributed by atoms with Crippen LogP contribution in [0, 0.1) is 0 Å². The number of methoxy groups -OCH3 is 1. The second-order valence-corrected chi connectivity index (χ2v) is 3.93. The number of benzene rings is 1. The number of nitrogens with one attached hydrogen (secondary N) is 1. The van der Waals surface area contributed by atoms with E-state index in [9.17, 15) is 9.59 Å². The van der Waals surface area contributed by atoms with Crippen molar-refractivity contribution in [2.24, 2.45) is 0 Å². The van der Waals surface area contributed by atoms with Crippen LogP contribution in [0.15, 0.2) is 42.7 Å². The molecule has 7 heteroatoms. The molecule has 21 heavy (non-hydrogen) atoms. The Bertz CT molecular complexity index is 614. The van der Waals surface area contributed by atoms with Gasteiger partial charge in [-0.2, -0.15) is 0 Å². The molecule has 0 radical (unpaired) electrons. The molecule has 1 heterocycles. The molecule has 0 fully saturated rings. The molecular formula is C14H13N3O4. The highest BCUT2D eigenvalue weighted by molar-refractivity contribution is 5.90. The maximum Gasteiger partial charge on any atom is 0.337 e. The molecule has 0 saturated heterocycles. The lowest BCUT2D eigenvalue weighted by Gasteiger charge is -2.07. The Kier molecular flexibility index (Phi) is 4.81. The van der Waals surface area contributed by atoms with Gasteiger partial charge < -0.3 is 9.47 Å². The van der Waals surface area contributed by atoms with Crippen LogP contribution in [0.25, 0.3) is 0 Å². The van der Waals surface area contributed by atoms with E-state index in [1.54, 1.807) is 30.3 Å². The van der Waals surface area contributed by atoms with E-state index in [-0.39, 0.29) is 18.5 Å². The maximum absolute atomic E-state index is 11.6. The Labute approximate surface area is 120 Å². The van der Waals surface area contributed by atoms with Gasteiger partial charge in [0.2, 0.25) is 5.95 Å². The minimum atomic E-state index is -0.430. The first-order chi connectivity index (χ1) is 10.2. The summed E-state index contributed by atoms with van der Waals surface area (Å²) in [4.78, 5) is 30.6. The highest BCUT2D eigenvalue weighted by Crippen LogP contribution is 2.12. The van der Waals surface area contributed by atoms with Crippen molar-refractivity contribution in [2.75, 3.05) is 19.0 Å². The molecule has 2 aromatic rings. The number of rotatable bonds is 5. The highest BCUT2D eigenvalue weighted by Gasteiger charge is 2.07. The Hall–Kier alpha value is -2.96. The summed E-state index contributed by atoms with van der Waals surface area (Å²) < 4.78 is 9.87. The zero-order chi connectivity index (χ0) is 15.1. The van der Waals surface area contributed by atoms with Gasteiger partial charge in [0.1, 0.15) is 5.75 Å². The Morgan fingerprint density at radius 2 is 1.81 bits per heavy atom. The van der Waals surface area contributed by atoms with E-state index in [0.29, 0.717) is 11.3 Å². The number of amides is 1. The average molecular weight is 287 g/mol. The summed E-state index contributed by atoms with van der Waals surface area (Å²) in [5, 5.41) is 2.49. The normalized spacial score (nSPS) is 9.76. The van der Waals surface area contributed by atoms with Crippen LogP contribution in [0.1, 0.15) is 10.4 Å². The van der Waals surface area contributed by atoms with Gasteiger partial charge in [0.25, 0.3) is 5.91 Å². The Morgan fingerprint density at radius 1 is 1.14 bits per heavy atom. The van der Waals surface area contributed by atoms with Gasteiger partial charge in [-0.25, -0.2) is 14.8 Å². The summed E-state index contributed by atoms with van der Waals surface area (Å²) in [6, 6.07) is 7.92. The van der Waals surface area contributed by atoms with Gasteiger partial charge in [-0.3, -0.25) is 10.1 Å². The summed E-state index contributed by atoms with van der Waals surface area (Å²) in [6.07, 6.45) is 3.05. The standard InChI is InChI=1S/C14H13N3O4/c1-20-13(19)10-3-5-11(6-4-10)21-9-12(18)17-14-15-7-2-8-16-14/h2-8H,9H2,1H3,(H,15,16,17,18). The monoisotopic (exact) mass is 287 g/mol. The lowest BCUT2D eigenvalue weighted by atomic mass is 10.2. The minimum Gasteiger partial charge on any atom is -0.484 e. The maximum atomic E-state index is 11.6. The predicted molar refractivity (Wildman–Crippen MR) is 73.9 cm³/mol. The van der Waals surface area contributed by atoms with E-state index in [2.05, 4.69) is 20.0 Å². The molecule has 7 nitrogen and oxygen atoms in total. The number of hydrogen-bond acceptors (Lipinski definition) is 6. The number of hydrogen-bond donors (Lipinski definition) is 1. The molecule has 0 aliphatic carbocycles. The van der Waals surface area contributed by atoms with E-state index in [1.165, 1.54) is 19.5 Å². The van der Waals surface area contributed by atoms with Gasteiger partial charge in [-0.15, -0.1) is 0 Å². The van der Waals surface area contributed by atoms with Crippen molar-refractivity contribution in [1.29, 1.82) is 0 Å². The number of esters is 1. The van der Waals surface area contributed by atoms with E-state index < -0.39 is 5.97 Å². The zero-order valence-corrected chi connectivity index (χ0v) is 11.3. The zero-order valence-electron chi connectivity index (χ0n) is 11.3. The van der Waals surface area contributed by atoms with Crippen LogP contribution in [0.2, 0.25) is 0 Å². The minimum absolute atomic E-state index is 0.185. The number of ether oxygens (including phenoxy) is 2. The van der Waals surface area contributed by atoms with Crippen molar-refractivity contribution in [1.82, 2.24) is 9.97 Å². The fourth-order valence-corrected chi connectivity index (χ4v) is 1.48. The highest BCUT2D eigenvalue weighted by atomic mass is 16.5. The third kappa shape index (κ3) is 4.27. The van der Waals surface area contributed by atoms with Gasteiger partial charge in [0.05, 0.1) is 12.7 Å². The van der Waals surface area contributed by atoms with Crippen LogP contribution in [0.4, 0.5) is 5.95 Å². The van der Waals surface area contributed by atoms with Crippen LogP contribution in [0.3, 0.4) is 0 Å². The second-order valence-electron chi connectivity index (χ2n) is 3.93. The van der Waals surface area contributed by atoms with E-state index in [0.717, 1.165) is 0 Å². The van der Waals surface area contributed by atoms with E-state index >= 15 is 0 Å². The first-order valence-electron chi connectivity index (χ1n) is 6.07. The second kappa shape index (κ2) is 6.99. The first kappa shape index (κ1) is 14.4. The van der Waals surface area contributed by atoms with Crippen LogP contribution in [0.5, 0.6) is 5.75 Å². The fourth-order valence-electron chi connectivity index (χ4n) is 1.48. The van der Waals surface area contributed by atoms with Crippen molar-refractivity contribution >= 4 is 17.8 Å². The van der Waals surface area contributed by atoms with Gasteiger partial charge in [-0.05, 0) is 30.3 Å². The van der Waals surface area contributed by atoms with Crippen molar-refractivity contribution in [3.8, 4) is 5.75 Å². The van der Waals surface area contributed by atoms with E-state index in [4.69, 9.17) is 4.74 Å². The number of carbonyl (C=O) groups is 2. The lowest BCUT2D eigenvalue weighted by molar-refractivity contribution is -0.118. The molecule has 0 unspecified atom stereocenters. The molecule has 0 bridgehead atoms. The Balaban J connectivity index is 1.85. The molecule has 1 aromatic heterocycles. The summed E-state index contributed by atoms with van der Waals surface area (Å²) in [7, 11) is 1.31. The van der Waals surface area contributed by atoms with Gasteiger partial charge in [0.15, 0.2) is 6.61 Å². The molecule has 0 aliphatic heterocycles. The Morgan fingerprint density at radius 3 is 2.43 bits per heavy atom. The van der Waals surface area contributed by atoms with Crippen molar-refractivity contribution in [3.05, 3.63) is 48.3 Å². The molecule has 1 amide bonds. The van der Waals surface area contributed by atoms with Gasteiger partial charge in [0, 0.05) is 12.4 Å². The van der Waals surface area contributed by atoms with E-state index in [1.807, 2.05) is 0 Å². The van der Waals surface area contributed by atoms with Crippen molar-refractivity contribution in [3.63, 3.8) is 0 Å². The SMILES string of the molecule is COC(=O)c1ccc(OCC(=O)Nc2ncccn2)cc1. The number of anilines is 1. The third-order valence-electron chi connectivity index (χ3n) is 2.46. The molecule has 0 aliphatic rings. The molecule has 1 aromatic carbocycles. The van der Waals surface area contributed by atoms with Gasteiger partial charge in [-0.1, -0.05) is 0 Å². The molecule has 0 saturated carbocycles. The first-order valence-corrected chi connectivity index (χ1v) is 6.07. The number of nitrogens with zero attached hydrogens (tertiary/aromatic N) is 2. The topological polar surface area (TPSA) is 90.4 Å². The molecule has 1 N–H and O–H groups in total. The molecule has 2 rings (SSSR count). The van der Waals surface area contributed by atoms with Crippen LogP contribution in [-0.4, -0.2) is 35.6 Å². The van der Waals surface area contributed by atoms with Crippen molar-refractivity contribution in [2.45, 2.75) is 0 Å². The largest absolute Gasteiger partial charge is 0.484 e. The number of carbonyl (C=O) groups excluding carboxylic acids is 2. The van der Waals surface area contributed by atoms with Crippen LogP contribution in [-0.2, 0) is 9.53 Å². The average Bonchev–Trinajstić information content (AvgIpc) is 2.53. The smallest absolute Gasteiger partial charge is 0.337 e. The predicted octanol–water partition coefficient (Wildman–Crippen LogP) is 1.28. The molecular weight excluding hydrogens is 274 g/mol. The summed E-state index contributed by atoms with van der Waals surface area (Å²) in [5.74, 6) is -0.127.